The Hall–Kier alpha value is -1.35. The Balaban J connectivity index is 2.36. The van der Waals surface area contributed by atoms with Gasteiger partial charge in [-0.3, -0.25) is 4.79 Å². The molecule has 9 heteroatoms. The van der Waals surface area contributed by atoms with Crippen molar-refractivity contribution >= 4 is 27.7 Å². The smallest absolute Gasteiger partial charge is 0.278 e. The van der Waals surface area contributed by atoms with Crippen molar-refractivity contribution in [3.63, 3.8) is 0 Å². The number of benzene rings is 1. The lowest BCUT2D eigenvalue weighted by molar-refractivity contribution is -0.123. The number of aryl methyl sites for hydroxylation is 2. The molecule has 1 rings (SSSR count). The van der Waals surface area contributed by atoms with Crippen molar-refractivity contribution in [2.75, 3.05) is 33.8 Å². The van der Waals surface area contributed by atoms with Crippen molar-refractivity contribution in [3.05, 3.63) is 28.3 Å². The SMILES string of the molecule is Cc1cc(OCC(=O)NCCNS(=O)(=O)N(C)C)cc(C)c1Cl. The Bertz CT molecular complexity index is 639. The zero-order chi connectivity index (χ0) is 17.6. The van der Waals surface area contributed by atoms with Gasteiger partial charge >= 0.3 is 0 Å². The molecule has 0 aliphatic carbocycles. The van der Waals surface area contributed by atoms with E-state index in [1.807, 2.05) is 13.8 Å². The van der Waals surface area contributed by atoms with Gasteiger partial charge in [0.05, 0.1) is 0 Å². The number of carbonyl (C=O) groups is 1. The zero-order valence-corrected chi connectivity index (χ0v) is 15.2. The first-order valence-electron chi connectivity index (χ1n) is 6.97. The molecule has 23 heavy (non-hydrogen) atoms. The van der Waals surface area contributed by atoms with Crippen LogP contribution < -0.4 is 14.8 Å². The summed E-state index contributed by atoms with van der Waals surface area (Å²) in [5.41, 5.74) is 1.75. The molecule has 1 aromatic carbocycles. The van der Waals surface area contributed by atoms with Crippen molar-refractivity contribution in [2.45, 2.75) is 13.8 Å². The molecule has 1 amide bonds. The number of nitrogens with zero attached hydrogens (tertiary/aromatic N) is 1. The minimum Gasteiger partial charge on any atom is -0.484 e. The first-order chi connectivity index (χ1) is 10.6. The average Bonchev–Trinajstić information content (AvgIpc) is 2.46. The lowest BCUT2D eigenvalue weighted by Gasteiger charge is -2.13. The van der Waals surface area contributed by atoms with E-state index in [2.05, 4.69) is 10.0 Å². The maximum Gasteiger partial charge on any atom is 0.278 e. The molecule has 2 N–H and O–H groups in total. The molecule has 0 heterocycles. The number of amides is 1. The monoisotopic (exact) mass is 363 g/mol. The van der Waals surface area contributed by atoms with E-state index < -0.39 is 10.2 Å². The number of carbonyl (C=O) groups excluding carboxylic acids is 1. The van der Waals surface area contributed by atoms with Crippen LogP contribution in [0.2, 0.25) is 5.02 Å². The third kappa shape index (κ3) is 6.34. The van der Waals surface area contributed by atoms with Crippen LogP contribution in [0.25, 0.3) is 0 Å². The maximum atomic E-state index is 11.7. The van der Waals surface area contributed by atoms with Crippen LogP contribution in [0.3, 0.4) is 0 Å². The minimum absolute atomic E-state index is 0.103. The molecule has 0 radical (unpaired) electrons. The molecular formula is C14H22ClN3O4S. The Labute approximate surface area is 142 Å². The predicted molar refractivity (Wildman–Crippen MR) is 90.0 cm³/mol. The van der Waals surface area contributed by atoms with Crippen LogP contribution >= 0.6 is 11.6 Å². The summed E-state index contributed by atoms with van der Waals surface area (Å²) in [7, 11) is -0.634. The van der Waals surface area contributed by atoms with Crippen LogP contribution in [0.4, 0.5) is 0 Å². The van der Waals surface area contributed by atoms with Crippen LogP contribution in [0, 0.1) is 13.8 Å². The lowest BCUT2D eigenvalue weighted by atomic mass is 10.1. The topological polar surface area (TPSA) is 87.7 Å². The number of nitrogens with one attached hydrogen (secondary N) is 2. The molecule has 0 aliphatic heterocycles. The van der Waals surface area contributed by atoms with E-state index >= 15 is 0 Å². The minimum atomic E-state index is -3.48. The van der Waals surface area contributed by atoms with Gasteiger partial charge in [0.15, 0.2) is 6.61 Å². The van der Waals surface area contributed by atoms with Gasteiger partial charge < -0.3 is 10.1 Å². The third-order valence-electron chi connectivity index (χ3n) is 2.99. The van der Waals surface area contributed by atoms with Crippen LogP contribution in [0.15, 0.2) is 12.1 Å². The molecule has 0 unspecified atom stereocenters. The summed E-state index contributed by atoms with van der Waals surface area (Å²) in [5.74, 6) is 0.229. The van der Waals surface area contributed by atoms with Gasteiger partial charge in [-0.05, 0) is 37.1 Å². The molecule has 0 saturated carbocycles. The van der Waals surface area contributed by atoms with Gasteiger partial charge in [0, 0.05) is 32.2 Å². The zero-order valence-electron chi connectivity index (χ0n) is 13.6. The molecule has 130 valence electrons. The highest BCUT2D eigenvalue weighted by Crippen LogP contribution is 2.25. The van der Waals surface area contributed by atoms with Crippen LogP contribution in [0.1, 0.15) is 11.1 Å². The molecular weight excluding hydrogens is 342 g/mol. The second-order valence-electron chi connectivity index (χ2n) is 5.19. The van der Waals surface area contributed by atoms with E-state index in [1.165, 1.54) is 14.1 Å². The molecule has 0 atom stereocenters. The molecule has 0 bridgehead atoms. The fourth-order valence-corrected chi connectivity index (χ4v) is 2.43. The summed E-state index contributed by atoms with van der Waals surface area (Å²) in [6.07, 6.45) is 0. The molecule has 0 aromatic heterocycles. The molecule has 0 saturated heterocycles. The Morgan fingerprint density at radius 3 is 2.30 bits per heavy atom. The van der Waals surface area contributed by atoms with Gasteiger partial charge in [0.25, 0.3) is 16.1 Å². The van der Waals surface area contributed by atoms with E-state index in [0.717, 1.165) is 15.4 Å². The molecule has 1 aromatic rings. The van der Waals surface area contributed by atoms with Gasteiger partial charge in [0.2, 0.25) is 0 Å². The summed E-state index contributed by atoms with van der Waals surface area (Å²) in [5, 5.41) is 3.25. The lowest BCUT2D eigenvalue weighted by Crippen LogP contribution is -2.41. The van der Waals surface area contributed by atoms with E-state index in [0.29, 0.717) is 10.8 Å². The fraction of sp³-hybridized carbons (Fsp3) is 0.500. The van der Waals surface area contributed by atoms with Crippen molar-refractivity contribution in [3.8, 4) is 5.75 Å². The van der Waals surface area contributed by atoms with Gasteiger partial charge in [-0.2, -0.15) is 12.7 Å². The molecule has 0 fully saturated rings. The number of rotatable bonds is 8. The molecule has 7 nitrogen and oxygen atoms in total. The summed E-state index contributed by atoms with van der Waals surface area (Å²) in [6, 6.07) is 3.52. The summed E-state index contributed by atoms with van der Waals surface area (Å²) in [6.45, 7) is 3.85. The highest BCUT2D eigenvalue weighted by molar-refractivity contribution is 7.87. The number of hydrogen-bond donors (Lipinski definition) is 2. The fourth-order valence-electron chi connectivity index (χ4n) is 1.70. The number of ether oxygens (including phenoxy) is 1. The summed E-state index contributed by atoms with van der Waals surface area (Å²) in [4.78, 5) is 11.7. The van der Waals surface area contributed by atoms with Crippen LogP contribution in [-0.2, 0) is 15.0 Å². The highest BCUT2D eigenvalue weighted by atomic mass is 35.5. The summed E-state index contributed by atoms with van der Waals surface area (Å²) < 4.78 is 31.7. The number of hydrogen-bond acceptors (Lipinski definition) is 4. The van der Waals surface area contributed by atoms with Gasteiger partial charge in [0.1, 0.15) is 5.75 Å². The highest BCUT2D eigenvalue weighted by Gasteiger charge is 2.12. The van der Waals surface area contributed by atoms with Crippen molar-refractivity contribution < 1.29 is 17.9 Å². The van der Waals surface area contributed by atoms with Crippen molar-refractivity contribution in [1.82, 2.24) is 14.3 Å². The average molecular weight is 364 g/mol. The Kier molecular flexibility index (Phi) is 7.27. The first kappa shape index (κ1) is 19.7. The predicted octanol–water partition coefficient (Wildman–Crippen LogP) is 0.848. The van der Waals surface area contributed by atoms with E-state index in [9.17, 15) is 13.2 Å². The van der Waals surface area contributed by atoms with E-state index in [4.69, 9.17) is 16.3 Å². The van der Waals surface area contributed by atoms with Gasteiger partial charge in [-0.15, -0.1) is 0 Å². The molecule has 0 spiro atoms. The quantitative estimate of drug-likeness (QED) is 0.670. The van der Waals surface area contributed by atoms with E-state index in [1.54, 1.807) is 12.1 Å². The van der Waals surface area contributed by atoms with Gasteiger partial charge in [-0.25, -0.2) is 4.72 Å². The van der Waals surface area contributed by atoms with Crippen molar-refractivity contribution in [1.29, 1.82) is 0 Å². The maximum absolute atomic E-state index is 11.7. The van der Waals surface area contributed by atoms with Crippen molar-refractivity contribution in [2.24, 2.45) is 0 Å². The Morgan fingerprint density at radius 2 is 1.78 bits per heavy atom. The van der Waals surface area contributed by atoms with Gasteiger partial charge in [-0.1, -0.05) is 11.6 Å². The second-order valence-corrected chi connectivity index (χ2v) is 7.54. The first-order valence-corrected chi connectivity index (χ1v) is 8.78. The summed E-state index contributed by atoms with van der Waals surface area (Å²) >= 11 is 6.06. The second kappa shape index (κ2) is 8.49. The standard InChI is InChI=1S/C14H22ClN3O4S/c1-10-7-12(8-11(2)14(10)15)22-9-13(19)16-5-6-17-23(20,21)18(3)4/h7-8,17H,5-6,9H2,1-4H3,(H,16,19). The van der Waals surface area contributed by atoms with E-state index in [-0.39, 0.29) is 25.6 Å². The normalized spacial score (nSPS) is 11.6. The number of halogens is 1. The van der Waals surface area contributed by atoms with Crippen LogP contribution in [-0.4, -0.2) is 52.4 Å². The third-order valence-corrected chi connectivity index (χ3v) is 5.12. The van der Waals surface area contributed by atoms with Crippen LogP contribution in [0.5, 0.6) is 5.75 Å². The Morgan fingerprint density at radius 1 is 1.22 bits per heavy atom. The largest absolute Gasteiger partial charge is 0.484 e. The molecule has 0 aliphatic rings.